The number of nitrogens with zero attached hydrogens (tertiary/aromatic N) is 3. The van der Waals surface area contributed by atoms with Gasteiger partial charge in [-0.25, -0.2) is 4.39 Å². The third-order valence-corrected chi connectivity index (χ3v) is 5.52. The highest BCUT2D eigenvalue weighted by Gasteiger charge is 2.39. The number of hydrogen-bond acceptors (Lipinski definition) is 6. The molecular weight excluding hydrogens is 391 g/mol. The fraction of sp³-hybridized carbons (Fsp3) is 0.476. The number of benzene rings is 1. The molecular formula is C21H25FN4O4. The summed E-state index contributed by atoms with van der Waals surface area (Å²) in [6.45, 7) is 1.06. The van der Waals surface area contributed by atoms with Crippen molar-refractivity contribution < 1.29 is 23.2 Å². The molecule has 160 valence electrons. The second-order valence-corrected chi connectivity index (χ2v) is 8.01. The van der Waals surface area contributed by atoms with Gasteiger partial charge < -0.3 is 24.4 Å². The molecule has 4 rings (SSSR count). The summed E-state index contributed by atoms with van der Waals surface area (Å²) >= 11 is 0. The molecule has 9 heteroatoms. The number of rotatable bonds is 7. The smallest absolute Gasteiger partial charge is 0.259 e. The third kappa shape index (κ3) is 3.83. The van der Waals surface area contributed by atoms with Crippen molar-refractivity contribution in [2.75, 3.05) is 39.2 Å². The summed E-state index contributed by atoms with van der Waals surface area (Å²) in [7, 11) is 4.88. The zero-order valence-corrected chi connectivity index (χ0v) is 17.3. The number of hydrogen-bond donors (Lipinski definition) is 1. The molecule has 1 saturated heterocycles. The van der Waals surface area contributed by atoms with Crippen molar-refractivity contribution in [1.29, 1.82) is 0 Å². The van der Waals surface area contributed by atoms with E-state index in [1.165, 1.54) is 25.3 Å². The topological polar surface area (TPSA) is 87.9 Å². The van der Waals surface area contributed by atoms with Crippen molar-refractivity contribution in [3.63, 3.8) is 0 Å². The number of nitrogens with one attached hydrogen (secondary N) is 1. The van der Waals surface area contributed by atoms with E-state index in [1.807, 2.05) is 4.90 Å². The van der Waals surface area contributed by atoms with Crippen LogP contribution in [0.3, 0.4) is 0 Å². The van der Waals surface area contributed by atoms with Crippen LogP contribution in [0.25, 0.3) is 11.3 Å². The standard InChI is InChI=1S/C21H25FN4O4/c1-25(2)20-18(19(30-24-20)13-4-7-15(22)16(9-13)29-3)21(28)23-10-12-8-17(27)26(11-12)14-5-6-14/h4,7,9,12,14H,5-6,8,10-11H2,1-3H3,(H,23,28). The highest BCUT2D eigenvalue weighted by molar-refractivity contribution is 6.04. The van der Waals surface area contributed by atoms with E-state index in [0.717, 1.165) is 12.8 Å². The molecule has 1 atom stereocenters. The number of likely N-dealkylation sites (tertiary alicyclic amines) is 1. The van der Waals surface area contributed by atoms with Crippen molar-refractivity contribution >= 4 is 17.6 Å². The molecule has 8 nitrogen and oxygen atoms in total. The summed E-state index contributed by atoms with van der Waals surface area (Å²) in [6.07, 6.45) is 2.59. The Kier molecular flexibility index (Phi) is 5.36. The summed E-state index contributed by atoms with van der Waals surface area (Å²) in [6, 6.07) is 4.62. The van der Waals surface area contributed by atoms with Crippen LogP contribution in [0.1, 0.15) is 29.6 Å². The molecule has 2 fully saturated rings. The van der Waals surface area contributed by atoms with E-state index in [2.05, 4.69) is 10.5 Å². The van der Waals surface area contributed by atoms with Crippen molar-refractivity contribution in [1.82, 2.24) is 15.4 Å². The number of halogens is 1. The Bertz CT molecular complexity index is 970. The van der Waals surface area contributed by atoms with E-state index in [0.29, 0.717) is 36.9 Å². The van der Waals surface area contributed by atoms with Crippen LogP contribution in [-0.2, 0) is 4.79 Å². The predicted molar refractivity (Wildman–Crippen MR) is 108 cm³/mol. The second-order valence-electron chi connectivity index (χ2n) is 8.01. The van der Waals surface area contributed by atoms with E-state index in [1.54, 1.807) is 19.0 Å². The summed E-state index contributed by atoms with van der Waals surface area (Å²) in [5.74, 6) is 0.0333. The van der Waals surface area contributed by atoms with Crippen LogP contribution < -0.4 is 15.0 Å². The van der Waals surface area contributed by atoms with Crippen molar-refractivity contribution in [3.05, 3.63) is 29.6 Å². The van der Waals surface area contributed by atoms with E-state index >= 15 is 0 Å². The number of aromatic nitrogens is 1. The molecule has 0 radical (unpaired) electrons. The first-order chi connectivity index (χ1) is 14.4. The van der Waals surface area contributed by atoms with Crippen LogP contribution in [-0.4, -0.2) is 62.2 Å². The van der Waals surface area contributed by atoms with E-state index in [4.69, 9.17) is 9.26 Å². The molecule has 1 saturated carbocycles. The van der Waals surface area contributed by atoms with Crippen molar-refractivity contribution in [2.45, 2.75) is 25.3 Å². The minimum atomic E-state index is -0.509. The Labute approximate surface area is 173 Å². The van der Waals surface area contributed by atoms with Crippen molar-refractivity contribution in [3.8, 4) is 17.1 Å². The Morgan fingerprint density at radius 3 is 2.83 bits per heavy atom. The number of methoxy groups -OCH3 is 1. The van der Waals surface area contributed by atoms with Gasteiger partial charge in [0.15, 0.2) is 23.1 Å². The highest BCUT2D eigenvalue weighted by Crippen LogP contribution is 2.34. The lowest BCUT2D eigenvalue weighted by molar-refractivity contribution is -0.128. The van der Waals surface area contributed by atoms with Gasteiger partial charge in [0.1, 0.15) is 5.56 Å². The van der Waals surface area contributed by atoms with Gasteiger partial charge in [-0.1, -0.05) is 5.16 Å². The molecule has 1 aliphatic carbocycles. The Hall–Kier alpha value is -3.10. The van der Waals surface area contributed by atoms with Crippen LogP contribution in [0.5, 0.6) is 5.75 Å². The summed E-state index contributed by atoms with van der Waals surface area (Å²) in [4.78, 5) is 28.8. The number of carbonyl (C=O) groups is 2. The Morgan fingerprint density at radius 1 is 1.40 bits per heavy atom. The minimum absolute atomic E-state index is 0.0475. The summed E-state index contributed by atoms with van der Waals surface area (Å²) in [5, 5.41) is 6.94. The molecule has 0 bridgehead atoms. The lowest BCUT2D eigenvalue weighted by Crippen LogP contribution is -2.32. The Balaban J connectivity index is 1.54. The van der Waals surface area contributed by atoms with Gasteiger partial charge in [0, 0.05) is 51.1 Å². The second kappa shape index (κ2) is 7.97. The first-order valence-electron chi connectivity index (χ1n) is 9.97. The largest absolute Gasteiger partial charge is 0.494 e. The van der Waals surface area contributed by atoms with E-state index in [9.17, 15) is 14.0 Å². The van der Waals surface area contributed by atoms with Crippen LogP contribution in [0.4, 0.5) is 10.2 Å². The zero-order chi connectivity index (χ0) is 21.4. The molecule has 1 aromatic heterocycles. The van der Waals surface area contributed by atoms with Gasteiger partial charge in [-0.05, 0) is 31.0 Å². The van der Waals surface area contributed by atoms with Gasteiger partial charge in [0.2, 0.25) is 5.91 Å². The van der Waals surface area contributed by atoms with Crippen molar-refractivity contribution in [2.24, 2.45) is 5.92 Å². The van der Waals surface area contributed by atoms with Crippen LogP contribution in [0.15, 0.2) is 22.7 Å². The molecule has 2 aliphatic rings. The number of ether oxygens (including phenoxy) is 1. The van der Waals surface area contributed by atoms with Gasteiger partial charge in [-0.15, -0.1) is 0 Å². The third-order valence-electron chi connectivity index (χ3n) is 5.52. The van der Waals surface area contributed by atoms with Gasteiger partial charge in [0.05, 0.1) is 7.11 Å². The van der Waals surface area contributed by atoms with Gasteiger partial charge in [-0.3, -0.25) is 9.59 Å². The molecule has 1 N–H and O–H groups in total. The fourth-order valence-corrected chi connectivity index (χ4v) is 3.80. The SMILES string of the molecule is COc1cc(-c2onc(N(C)C)c2C(=O)NCC2CC(=O)N(C3CC3)C2)ccc1F. The molecule has 2 amide bonds. The normalized spacial score (nSPS) is 18.6. The molecule has 1 unspecified atom stereocenters. The highest BCUT2D eigenvalue weighted by atomic mass is 19.1. The van der Waals surface area contributed by atoms with E-state index in [-0.39, 0.29) is 34.8 Å². The number of carbonyl (C=O) groups excluding carboxylic acids is 2. The number of anilines is 1. The quantitative estimate of drug-likeness (QED) is 0.745. The van der Waals surface area contributed by atoms with Crippen LogP contribution >= 0.6 is 0 Å². The fourth-order valence-electron chi connectivity index (χ4n) is 3.80. The monoisotopic (exact) mass is 416 g/mol. The van der Waals surface area contributed by atoms with E-state index < -0.39 is 5.82 Å². The molecule has 30 heavy (non-hydrogen) atoms. The molecule has 0 spiro atoms. The summed E-state index contributed by atoms with van der Waals surface area (Å²) < 4.78 is 24.3. The summed E-state index contributed by atoms with van der Waals surface area (Å²) in [5.41, 5.74) is 0.743. The maximum atomic E-state index is 13.8. The van der Waals surface area contributed by atoms with Gasteiger partial charge >= 0.3 is 0 Å². The van der Waals surface area contributed by atoms with Gasteiger partial charge in [0.25, 0.3) is 5.91 Å². The number of amides is 2. The van der Waals surface area contributed by atoms with Crippen LogP contribution in [0, 0.1) is 11.7 Å². The first kappa shape index (κ1) is 20.2. The zero-order valence-electron chi connectivity index (χ0n) is 17.3. The average molecular weight is 416 g/mol. The Morgan fingerprint density at radius 2 is 2.17 bits per heavy atom. The molecule has 2 aromatic rings. The van der Waals surface area contributed by atoms with Gasteiger partial charge in [-0.2, -0.15) is 0 Å². The maximum Gasteiger partial charge on any atom is 0.259 e. The molecule has 2 heterocycles. The first-order valence-corrected chi connectivity index (χ1v) is 9.97. The maximum absolute atomic E-state index is 13.8. The lowest BCUT2D eigenvalue weighted by Gasteiger charge is -2.16. The lowest BCUT2D eigenvalue weighted by atomic mass is 10.1. The predicted octanol–water partition coefficient (Wildman–Crippen LogP) is 2.30. The molecule has 1 aliphatic heterocycles. The van der Waals surface area contributed by atoms with Crippen LogP contribution in [0.2, 0.25) is 0 Å². The minimum Gasteiger partial charge on any atom is -0.494 e. The average Bonchev–Trinajstić information content (AvgIpc) is 3.34. The molecule has 1 aromatic carbocycles.